The molecule has 6 nitrogen and oxygen atoms in total. The average molecular weight is 679 g/mol. The molecule has 0 aliphatic carbocycles. The first-order chi connectivity index (χ1) is 21.8. The number of fused-ring (bicyclic) bond motifs is 2. The van der Waals surface area contributed by atoms with Gasteiger partial charge in [-0.2, -0.15) is 26.3 Å². The molecule has 46 heavy (non-hydrogen) atoms. The van der Waals surface area contributed by atoms with Crippen molar-refractivity contribution >= 4 is 43.1 Å². The summed E-state index contributed by atoms with van der Waals surface area (Å²) in [5.74, 6) is 2.37. The number of aromatic nitrogens is 2. The summed E-state index contributed by atoms with van der Waals surface area (Å²) < 4.78 is 99.0. The third-order valence-corrected chi connectivity index (χ3v) is 8.85. The van der Waals surface area contributed by atoms with E-state index < -0.39 is 23.5 Å². The number of alkyl halides is 6. The molecule has 2 heterocycles. The molecule has 0 amide bonds. The summed E-state index contributed by atoms with van der Waals surface area (Å²) in [7, 11) is 6.14. The Morgan fingerprint density at radius 2 is 0.891 bits per heavy atom. The lowest BCUT2D eigenvalue weighted by Crippen LogP contribution is -2.03. The van der Waals surface area contributed by atoms with Gasteiger partial charge in [0.25, 0.3) is 0 Å². The van der Waals surface area contributed by atoms with Crippen LogP contribution in [-0.4, -0.2) is 38.4 Å². The van der Waals surface area contributed by atoms with E-state index in [0.717, 1.165) is 24.3 Å². The van der Waals surface area contributed by atoms with Gasteiger partial charge in [0.15, 0.2) is 0 Å². The molecular formula is C32H24F6N2O4S2. The van der Waals surface area contributed by atoms with Gasteiger partial charge in [0.05, 0.1) is 71.1 Å². The summed E-state index contributed by atoms with van der Waals surface area (Å²) in [6, 6.07) is 17.6. The third kappa shape index (κ3) is 6.97. The summed E-state index contributed by atoms with van der Waals surface area (Å²) in [4.78, 5) is 8.64. The van der Waals surface area contributed by atoms with Crippen LogP contribution in [0.25, 0.3) is 41.6 Å². The molecule has 6 aromatic rings. The standard InChI is InChI=1S/2C16H12F3NO2S/c2*1-21-10-4-5-11(13(8-10)22-2)15-20-12-7-9(16(17,18)19)3-6-14(12)23-15/h2*3-8H,1-2H3. The molecule has 0 unspecified atom stereocenters. The molecule has 2 aromatic heterocycles. The summed E-state index contributed by atoms with van der Waals surface area (Å²) in [6.07, 6.45) is -8.76. The number of hydrogen-bond donors (Lipinski definition) is 0. The molecular weight excluding hydrogens is 654 g/mol. The summed E-state index contributed by atoms with van der Waals surface area (Å²) >= 11 is 2.63. The molecule has 0 radical (unpaired) electrons. The van der Waals surface area contributed by atoms with Gasteiger partial charge in [0.1, 0.15) is 33.0 Å². The lowest BCUT2D eigenvalue weighted by molar-refractivity contribution is -0.138. The molecule has 6 rings (SSSR count). The minimum atomic E-state index is -4.38. The van der Waals surface area contributed by atoms with Gasteiger partial charge in [-0.3, -0.25) is 0 Å². The zero-order chi connectivity index (χ0) is 33.2. The van der Waals surface area contributed by atoms with Gasteiger partial charge in [-0.05, 0) is 60.7 Å². The Balaban J connectivity index is 0.000000181. The van der Waals surface area contributed by atoms with Crippen molar-refractivity contribution in [1.82, 2.24) is 9.97 Å². The van der Waals surface area contributed by atoms with Gasteiger partial charge in [-0.25, -0.2) is 9.97 Å². The quantitative estimate of drug-likeness (QED) is 0.164. The Kier molecular flexibility index (Phi) is 9.31. The number of ether oxygens (including phenoxy) is 4. The molecule has 0 bridgehead atoms. The molecule has 14 heteroatoms. The molecule has 0 saturated heterocycles. The number of rotatable bonds is 6. The minimum Gasteiger partial charge on any atom is -0.497 e. The maximum Gasteiger partial charge on any atom is 0.416 e. The van der Waals surface area contributed by atoms with Gasteiger partial charge in [-0.15, -0.1) is 22.7 Å². The predicted molar refractivity (Wildman–Crippen MR) is 166 cm³/mol. The number of halogens is 6. The van der Waals surface area contributed by atoms with E-state index in [1.54, 1.807) is 50.6 Å². The maximum atomic E-state index is 12.8. The first-order valence-corrected chi connectivity index (χ1v) is 14.9. The second-order valence-electron chi connectivity index (χ2n) is 9.53. The highest BCUT2D eigenvalue weighted by Gasteiger charge is 2.32. The molecule has 0 atom stereocenters. The van der Waals surface area contributed by atoms with E-state index in [0.29, 0.717) is 64.6 Å². The summed E-state index contributed by atoms with van der Waals surface area (Å²) in [5, 5.41) is 1.19. The van der Waals surface area contributed by atoms with Gasteiger partial charge in [0.2, 0.25) is 0 Å². The van der Waals surface area contributed by atoms with Crippen LogP contribution in [0.2, 0.25) is 0 Å². The van der Waals surface area contributed by atoms with E-state index in [-0.39, 0.29) is 0 Å². The first kappa shape index (κ1) is 32.8. The van der Waals surface area contributed by atoms with Gasteiger partial charge in [-0.1, -0.05) is 0 Å². The molecule has 0 aliphatic heterocycles. The highest BCUT2D eigenvalue weighted by atomic mass is 32.1. The Morgan fingerprint density at radius 3 is 1.22 bits per heavy atom. The highest BCUT2D eigenvalue weighted by Crippen LogP contribution is 2.41. The Labute approximate surface area is 266 Å². The highest BCUT2D eigenvalue weighted by molar-refractivity contribution is 7.22. The lowest BCUT2D eigenvalue weighted by Gasteiger charge is -2.08. The van der Waals surface area contributed by atoms with E-state index in [9.17, 15) is 26.3 Å². The Morgan fingerprint density at radius 1 is 0.500 bits per heavy atom. The molecule has 0 spiro atoms. The fourth-order valence-electron chi connectivity index (χ4n) is 4.39. The van der Waals surface area contributed by atoms with Crippen LogP contribution >= 0.6 is 22.7 Å². The van der Waals surface area contributed by atoms with Crippen molar-refractivity contribution in [2.24, 2.45) is 0 Å². The lowest BCUT2D eigenvalue weighted by atomic mass is 10.2. The van der Waals surface area contributed by atoms with Crippen LogP contribution in [0.4, 0.5) is 26.3 Å². The molecule has 0 fully saturated rings. The molecule has 0 saturated carbocycles. The monoisotopic (exact) mass is 678 g/mol. The maximum absolute atomic E-state index is 12.8. The summed E-state index contributed by atoms with van der Waals surface area (Å²) in [6.45, 7) is 0. The van der Waals surface area contributed by atoms with Crippen LogP contribution in [0.1, 0.15) is 11.1 Å². The van der Waals surface area contributed by atoms with Crippen LogP contribution in [-0.2, 0) is 12.4 Å². The topological polar surface area (TPSA) is 62.7 Å². The fourth-order valence-corrected chi connectivity index (χ4v) is 6.34. The number of methoxy groups -OCH3 is 4. The van der Waals surface area contributed by atoms with E-state index in [2.05, 4.69) is 9.97 Å². The first-order valence-electron chi connectivity index (χ1n) is 13.2. The Hall–Kier alpha value is -4.56. The van der Waals surface area contributed by atoms with Gasteiger partial charge < -0.3 is 18.9 Å². The van der Waals surface area contributed by atoms with E-state index in [4.69, 9.17) is 18.9 Å². The largest absolute Gasteiger partial charge is 0.497 e. The van der Waals surface area contributed by atoms with Gasteiger partial charge >= 0.3 is 12.4 Å². The Bertz CT molecular complexity index is 1860. The van der Waals surface area contributed by atoms with Crippen LogP contribution in [0, 0.1) is 0 Å². The zero-order valence-corrected chi connectivity index (χ0v) is 26.2. The SMILES string of the molecule is COc1ccc(-c2nc3cc(C(F)(F)F)ccc3s2)c(OC)c1.COc1ccc(-c2nc3cc(C(F)(F)F)ccc3s2)c(OC)c1. The molecule has 0 aliphatic rings. The van der Waals surface area contributed by atoms with Crippen molar-refractivity contribution < 1.29 is 45.3 Å². The average Bonchev–Trinajstić information content (AvgIpc) is 3.67. The number of benzene rings is 4. The van der Waals surface area contributed by atoms with Crippen molar-refractivity contribution in [2.75, 3.05) is 28.4 Å². The van der Waals surface area contributed by atoms with E-state index in [1.807, 2.05) is 0 Å². The molecule has 4 aromatic carbocycles. The van der Waals surface area contributed by atoms with Crippen LogP contribution < -0.4 is 18.9 Å². The second-order valence-corrected chi connectivity index (χ2v) is 11.6. The smallest absolute Gasteiger partial charge is 0.416 e. The molecule has 0 N–H and O–H groups in total. The second kappa shape index (κ2) is 13.0. The number of nitrogens with zero attached hydrogens (tertiary/aromatic N) is 2. The van der Waals surface area contributed by atoms with Crippen LogP contribution in [0.15, 0.2) is 72.8 Å². The number of hydrogen-bond acceptors (Lipinski definition) is 8. The minimum absolute atomic E-state index is 0.317. The van der Waals surface area contributed by atoms with Crippen molar-refractivity contribution in [3.63, 3.8) is 0 Å². The van der Waals surface area contributed by atoms with E-state index >= 15 is 0 Å². The van der Waals surface area contributed by atoms with Crippen LogP contribution in [0.5, 0.6) is 23.0 Å². The predicted octanol–water partition coefficient (Wildman–Crippen LogP) is 10.00. The number of thiazole rings is 2. The van der Waals surface area contributed by atoms with Gasteiger partial charge in [0, 0.05) is 12.1 Å². The normalized spacial score (nSPS) is 11.7. The van der Waals surface area contributed by atoms with Crippen molar-refractivity contribution in [3.8, 4) is 44.1 Å². The third-order valence-electron chi connectivity index (χ3n) is 6.71. The van der Waals surface area contributed by atoms with E-state index in [1.165, 1.54) is 49.0 Å². The van der Waals surface area contributed by atoms with Crippen LogP contribution in [0.3, 0.4) is 0 Å². The van der Waals surface area contributed by atoms with Crippen molar-refractivity contribution in [2.45, 2.75) is 12.4 Å². The fraction of sp³-hybridized carbons (Fsp3) is 0.188. The van der Waals surface area contributed by atoms with Crippen molar-refractivity contribution in [1.29, 1.82) is 0 Å². The zero-order valence-electron chi connectivity index (χ0n) is 24.5. The van der Waals surface area contributed by atoms with Crippen molar-refractivity contribution in [3.05, 3.63) is 83.9 Å². The summed E-state index contributed by atoms with van der Waals surface area (Å²) in [5.41, 5.74) is 0.647. The molecule has 240 valence electrons.